The first-order valence-corrected chi connectivity index (χ1v) is 7.68. The predicted octanol–water partition coefficient (Wildman–Crippen LogP) is 3.83. The van der Waals surface area contributed by atoms with Gasteiger partial charge >= 0.3 is 5.97 Å². The van der Waals surface area contributed by atoms with Crippen molar-refractivity contribution in [1.29, 1.82) is 0 Å². The van der Waals surface area contributed by atoms with Gasteiger partial charge in [-0.1, -0.05) is 0 Å². The van der Waals surface area contributed by atoms with E-state index in [0.29, 0.717) is 11.4 Å². The van der Waals surface area contributed by atoms with Crippen LogP contribution in [0, 0.1) is 13.8 Å². The van der Waals surface area contributed by atoms with E-state index in [9.17, 15) is 9.90 Å². The molecule has 26 heavy (non-hydrogen) atoms. The van der Waals surface area contributed by atoms with Gasteiger partial charge in [-0.05, 0) is 49.2 Å². The number of aromatic hydroxyl groups is 1. The van der Waals surface area contributed by atoms with Gasteiger partial charge in [0.1, 0.15) is 23.5 Å². The first-order chi connectivity index (χ1) is 12.5. The summed E-state index contributed by atoms with van der Waals surface area (Å²) in [5.41, 5.74) is 2.67. The lowest BCUT2D eigenvalue weighted by Crippen LogP contribution is -2.10. The second-order valence-corrected chi connectivity index (χ2v) is 5.49. The molecule has 0 fully saturated rings. The number of hydrogen-bond acceptors (Lipinski definition) is 8. The zero-order valence-electron chi connectivity index (χ0n) is 14.1. The molecule has 0 bridgehead atoms. The fourth-order valence-electron chi connectivity index (χ4n) is 2.17. The number of benzene rings is 1. The normalized spacial score (nSPS) is 10.8. The molecule has 3 rings (SSSR count). The number of carbonyl (C=O) groups excluding carboxylic acids is 1. The van der Waals surface area contributed by atoms with Gasteiger partial charge < -0.3 is 9.84 Å². The Kier molecular flexibility index (Phi) is 4.93. The third kappa shape index (κ3) is 4.04. The molecule has 130 valence electrons. The molecule has 0 saturated heterocycles. The lowest BCUT2D eigenvalue weighted by Gasteiger charge is -2.04. The summed E-state index contributed by atoms with van der Waals surface area (Å²) >= 11 is 0. The van der Waals surface area contributed by atoms with Crippen LogP contribution in [0.3, 0.4) is 0 Å². The van der Waals surface area contributed by atoms with Crippen LogP contribution in [0.15, 0.2) is 59.4 Å². The summed E-state index contributed by atoms with van der Waals surface area (Å²) in [4.78, 5) is 23.5. The zero-order valence-corrected chi connectivity index (χ0v) is 14.1. The van der Waals surface area contributed by atoms with Gasteiger partial charge in [0.2, 0.25) is 0 Å². The number of aromatic nitrogens is 3. The van der Waals surface area contributed by atoms with Gasteiger partial charge in [-0.25, -0.2) is 19.7 Å². The Morgan fingerprint density at radius 2 is 1.65 bits per heavy atom. The van der Waals surface area contributed by atoms with E-state index in [1.54, 1.807) is 32.0 Å². The molecule has 2 heterocycles. The van der Waals surface area contributed by atoms with Crippen LogP contribution in [0.1, 0.15) is 21.6 Å². The number of aryl methyl sites for hydroxylation is 2. The number of rotatable bonds is 4. The Labute approximate surface area is 149 Å². The molecule has 1 aromatic carbocycles. The van der Waals surface area contributed by atoms with Crippen molar-refractivity contribution in [3.8, 4) is 11.5 Å². The minimum absolute atomic E-state index is 0.129. The highest BCUT2D eigenvalue weighted by Crippen LogP contribution is 2.28. The maximum absolute atomic E-state index is 12.0. The number of hydrogen-bond donors (Lipinski definition) is 1. The quantitative estimate of drug-likeness (QED) is 0.566. The maximum Gasteiger partial charge on any atom is 0.362 e. The van der Waals surface area contributed by atoms with Gasteiger partial charge in [0.05, 0.1) is 24.3 Å². The number of nitrogens with zero attached hydrogens (tertiary/aromatic N) is 5. The van der Waals surface area contributed by atoms with Crippen molar-refractivity contribution in [3.63, 3.8) is 0 Å². The molecular formula is C18H15N5O3. The molecule has 8 nitrogen and oxygen atoms in total. The number of esters is 1. The summed E-state index contributed by atoms with van der Waals surface area (Å²) in [5, 5.41) is 18.0. The van der Waals surface area contributed by atoms with Crippen LogP contribution in [-0.4, -0.2) is 26.0 Å². The van der Waals surface area contributed by atoms with Crippen LogP contribution >= 0.6 is 0 Å². The third-order valence-electron chi connectivity index (χ3n) is 3.46. The number of carbonyl (C=O) groups is 1. The zero-order chi connectivity index (χ0) is 18.5. The predicted molar refractivity (Wildman–Crippen MR) is 93.0 cm³/mol. The molecule has 2 aromatic heterocycles. The highest BCUT2D eigenvalue weighted by Gasteiger charge is 2.10. The van der Waals surface area contributed by atoms with Gasteiger partial charge in [-0.15, -0.1) is 5.11 Å². The first kappa shape index (κ1) is 17.2. The summed E-state index contributed by atoms with van der Waals surface area (Å²) in [6, 6.07) is 6.56. The van der Waals surface area contributed by atoms with Crippen LogP contribution < -0.4 is 4.74 Å². The fraction of sp³-hybridized carbons (Fsp3) is 0.111. The molecular weight excluding hydrogens is 334 g/mol. The Bertz CT molecular complexity index is 933. The van der Waals surface area contributed by atoms with E-state index >= 15 is 0 Å². The summed E-state index contributed by atoms with van der Waals surface area (Å²) in [6.45, 7) is 3.59. The number of phenols is 1. The first-order valence-electron chi connectivity index (χ1n) is 7.68. The van der Waals surface area contributed by atoms with Gasteiger partial charge in [-0.3, -0.25) is 0 Å². The highest BCUT2D eigenvalue weighted by atomic mass is 16.5. The van der Waals surface area contributed by atoms with Crippen molar-refractivity contribution >= 4 is 17.3 Å². The van der Waals surface area contributed by atoms with E-state index in [1.807, 2.05) is 0 Å². The molecule has 0 aliphatic carbocycles. The molecule has 0 aliphatic rings. The van der Waals surface area contributed by atoms with E-state index in [0.717, 1.165) is 11.1 Å². The number of azo groups is 1. The van der Waals surface area contributed by atoms with E-state index in [-0.39, 0.29) is 17.2 Å². The number of phenolic OH excluding ortho intramolecular Hbond substituents is 1. The number of ether oxygens (including phenoxy) is 1. The van der Waals surface area contributed by atoms with Crippen molar-refractivity contribution < 1.29 is 14.6 Å². The number of pyridine rings is 1. The van der Waals surface area contributed by atoms with Crippen LogP contribution in [0.25, 0.3) is 0 Å². The van der Waals surface area contributed by atoms with Gasteiger partial charge in [0, 0.05) is 0 Å². The minimum atomic E-state index is -0.618. The second-order valence-electron chi connectivity index (χ2n) is 5.49. The van der Waals surface area contributed by atoms with Crippen molar-refractivity contribution in [2.75, 3.05) is 0 Å². The molecule has 0 radical (unpaired) electrons. The van der Waals surface area contributed by atoms with E-state index in [4.69, 9.17) is 4.74 Å². The Balaban J connectivity index is 1.70. The van der Waals surface area contributed by atoms with Crippen molar-refractivity contribution in [2.45, 2.75) is 13.8 Å². The monoisotopic (exact) mass is 349 g/mol. The third-order valence-corrected chi connectivity index (χ3v) is 3.46. The topological polar surface area (TPSA) is 110 Å². The Hall–Kier alpha value is -3.68. The average Bonchev–Trinajstić information content (AvgIpc) is 2.65. The van der Waals surface area contributed by atoms with Crippen LogP contribution in [-0.2, 0) is 0 Å². The molecule has 0 spiro atoms. The average molecular weight is 349 g/mol. The van der Waals surface area contributed by atoms with E-state index in [2.05, 4.69) is 25.2 Å². The van der Waals surface area contributed by atoms with Crippen molar-refractivity contribution in [3.05, 3.63) is 66.0 Å². The summed E-state index contributed by atoms with van der Waals surface area (Å²) < 4.78 is 5.10. The molecule has 3 aromatic rings. The summed E-state index contributed by atoms with van der Waals surface area (Å²) in [7, 11) is 0. The molecule has 8 heteroatoms. The summed E-state index contributed by atoms with van der Waals surface area (Å²) in [5.74, 6) is -0.133. The highest BCUT2D eigenvalue weighted by molar-refractivity contribution is 5.89. The maximum atomic E-state index is 12.0. The lowest BCUT2D eigenvalue weighted by atomic mass is 10.1. The molecule has 0 atom stereocenters. The second kappa shape index (κ2) is 7.47. The minimum Gasteiger partial charge on any atom is -0.507 e. The molecule has 1 N–H and O–H groups in total. The molecule has 0 saturated carbocycles. The van der Waals surface area contributed by atoms with Gasteiger partial charge in [0.15, 0.2) is 5.75 Å². The Morgan fingerprint density at radius 3 is 2.27 bits per heavy atom. The Morgan fingerprint density at radius 1 is 1.00 bits per heavy atom. The van der Waals surface area contributed by atoms with Gasteiger partial charge in [0.25, 0.3) is 0 Å². The van der Waals surface area contributed by atoms with E-state index < -0.39 is 5.97 Å². The van der Waals surface area contributed by atoms with Crippen LogP contribution in [0.5, 0.6) is 11.5 Å². The smallest absolute Gasteiger partial charge is 0.362 e. The SMILES string of the molecule is Cc1cc(N=Nc2ccc(C(=O)Oc3cncnc3)nc2)cc(C)c1O. The standard InChI is InChI=1S/C18H15N5O3/c1-11-5-14(6-12(2)17(11)24)23-22-13-3-4-16(21-7-13)18(25)26-15-8-19-10-20-9-15/h3-10,24H,1-2H3. The molecule has 0 unspecified atom stereocenters. The van der Waals surface area contributed by atoms with Crippen LogP contribution in [0.2, 0.25) is 0 Å². The molecule has 0 aliphatic heterocycles. The van der Waals surface area contributed by atoms with Crippen LogP contribution in [0.4, 0.5) is 11.4 Å². The molecule has 0 amide bonds. The fourth-order valence-corrected chi connectivity index (χ4v) is 2.17. The van der Waals surface area contributed by atoms with Crippen molar-refractivity contribution in [1.82, 2.24) is 15.0 Å². The largest absolute Gasteiger partial charge is 0.507 e. The van der Waals surface area contributed by atoms with Crippen molar-refractivity contribution in [2.24, 2.45) is 10.2 Å². The van der Waals surface area contributed by atoms with Gasteiger partial charge in [-0.2, -0.15) is 5.11 Å². The van der Waals surface area contributed by atoms with E-state index in [1.165, 1.54) is 31.0 Å². The lowest BCUT2D eigenvalue weighted by molar-refractivity contribution is 0.0727. The summed E-state index contributed by atoms with van der Waals surface area (Å²) in [6.07, 6.45) is 5.53.